The van der Waals surface area contributed by atoms with Crippen molar-refractivity contribution in [1.29, 1.82) is 5.26 Å². The van der Waals surface area contributed by atoms with Crippen LogP contribution in [0.2, 0.25) is 0 Å². The van der Waals surface area contributed by atoms with Gasteiger partial charge in [0.2, 0.25) is 23.6 Å². The lowest BCUT2D eigenvalue weighted by Gasteiger charge is -2.35. The van der Waals surface area contributed by atoms with E-state index in [1.165, 1.54) is 29.9 Å². The third-order valence-corrected chi connectivity index (χ3v) is 15.0. The zero-order chi connectivity index (χ0) is 54.8. The number of piperazine rings is 2. The molecular formula is C51H73Cl2N8O12P. The van der Waals surface area contributed by atoms with Gasteiger partial charge in [-0.25, -0.2) is 9.76 Å². The monoisotopic (exact) mass is 1090 g/mol. The first kappa shape index (κ1) is 63.1. The van der Waals surface area contributed by atoms with Gasteiger partial charge >= 0.3 is 7.67 Å². The van der Waals surface area contributed by atoms with E-state index in [4.69, 9.17) is 46.7 Å². The van der Waals surface area contributed by atoms with Gasteiger partial charge in [-0.2, -0.15) is 5.26 Å². The summed E-state index contributed by atoms with van der Waals surface area (Å²) in [4.78, 5) is 71.4. The number of carbonyl (C=O) groups is 6. The predicted molar refractivity (Wildman–Crippen MR) is 283 cm³/mol. The molecule has 3 atom stereocenters. The number of allylic oxidation sites excluding steroid dienone is 4. The van der Waals surface area contributed by atoms with Crippen LogP contribution in [0.1, 0.15) is 51.2 Å². The van der Waals surface area contributed by atoms with Crippen LogP contribution in [0.3, 0.4) is 0 Å². The molecule has 4 amide bonds. The molecule has 20 nitrogen and oxygen atoms in total. The summed E-state index contributed by atoms with van der Waals surface area (Å²) >= 11 is 11.1. The van der Waals surface area contributed by atoms with Gasteiger partial charge in [-0.05, 0) is 112 Å². The van der Waals surface area contributed by atoms with Gasteiger partial charge in [-0.3, -0.25) is 53.8 Å². The first-order valence-electron chi connectivity index (χ1n) is 24.3. The Morgan fingerprint density at radius 2 is 1.32 bits per heavy atom. The summed E-state index contributed by atoms with van der Waals surface area (Å²) in [6.07, 6.45) is 8.51. The molecule has 2 aromatic rings. The molecule has 0 bridgehead atoms. The van der Waals surface area contributed by atoms with Crippen LogP contribution in [0.25, 0.3) is 0 Å². The molecule has 2 unspecified atom stereocenters. The fourth-order valence-electron chi connectivity index (χ4n) is 8.27. The van der Waals surface area contributed by atoms with E-state index >= 15 is 0 Å². The van der Waals surface area contributed by atoms with Crippen LogP contribution in [0, 0.1) is 17.2 Å². The van der Waals surface area contributed by atoms with Crippen molar-refractivity contribution < 1.29 is 56.8 Å². The number of ketones is 2. The molecule has 3 fully saturated rings. The minimum atomic E-state index is -2.84. The van der Waals surface area contributed by atoms with E-state index in [0.717, 1.165) is 62.4 Å². The Balaban J connectivity index is 0.000000294. The molecule has 3 heterocycles. The highest BCUT2D eigenvalue weighted by atomic mass is 35.5. The van der Waals surface area contributed by atoms with Crippen LogP contribution in [-0.4, -0.2) is 180 Å². The molecule has 0 radical (unpaired) electrons. The standard InChI is InChI=1S/C27H38N2O4.C11H16N4O4.C7H15Cl2N2O2P.C6H4O2/c1-20(2)27(19-28,22-10-12-24(31-5)26(18-22)33-7)14-8-15-29(3)16-13-21-9-11-23(30-4)25(17-21)32-6;1-7(15-5-10(18)13-11(19)6-15)2-14-3-8(16)12-9(17)4-14;8-2-4-10-14(12)11(6-3-9)5-1-7-13-14;7-5-1-2-6(8)4-3-5/h9-12,17-18,20H,8,13-16H2,1-7H3;7H,2-6H2,1H3,(H,12,16,17)(H,13,18,19);1-7H2,(H,10,12);1-4H/t;7-;;/m.0../s1. The van der Waals surface area contributed by atoms with Crippen molar-refractivity contribution >= 4 is 66.1 Å². The van der Waals surface area contributed by atoms with Gasteiger partial charge in [0.15, 0.2) is 34.6 Å². The highest BCUT2D eigenvalue weighted by molar-refractivity contribution is 7.54. The zero-order valence-corrected chi connectivity index (χ0v) is 46.2. The molecule has 6 rings (SSSR count). The minimum absolute atomic E-state index is 0.0892. The number of nitrogens with zero attached hydrogens (tertiary/aromatic N) is 5. The molecule has 3 aliphatic heterocycles. The van der Waals surface area contributed by atoms with Gasteiger partial charge in [-0.15, -0.1) is 23.2 Å². The van der Waals surface area contributed by atoms with E-state index in [2.05, 4.69) is 53.7 Å². The van der Waals surface area contributed by atoms with E-state index in [0.29, 0.717) is 49.5 Å². The van der Waals surface area contributed by atoms with E-state index in [9.17, 15) is 38.6 Å². The number of imide groups is 2. The smallest absolute Gasteiger partial charge is 0.343 e. The summed E-state index contributed by atoms with van der Waals surface area (Å²) < 4.78 is 40.8. The topological polar surface area (TPSA) is 238 Å². The number of likely N-dealkylation sites (N-methyl/N-ethyl adjacent to an activating group) is 1. The molecule has 3 saturated heterocycles. The number of ether oxygens (including phenoxy) is 4. The number of hydrogen-bond acceptors (Lipinski definition) is 16. The first-order chi connectivity index (χ1) is 35.3. The summed E-state index contributed by atoms with van der Waals surface area (Å²) in [5.74, 6) is 2.33. The van der Waals surface area contributed by atoms with Crippen molar-refractivity contribution in [3.8, 4) is 29.1 Å². The van der Waals surface area contributed by atoms with Crippen molar-refractivity contribution in [2.45, 2.75) is 57.9 Å². The normalized spacial score (nSPS) is 19.3. The molecule has 408 valence electrons. The summed E-state index contributed by atoms with van der Waals surface area (Å²) in [6.45, 7) is 11.4. The van der Waals surface area contributed by atoms with Crippen molar-refractivity contribution in [2.24, 2.45) is 5.92 Å². The fraction of sp³-hybridized carbons (Fsp3) is 0.549. The lowest BCUT2D eigenvalue weighted by atomic mass is 9.69. The zero-order valence-electron chi connectivity index (χ0n) is 43.8. The number of hydrogen-bond donors (Lipinski definition) is 3. The molecular weight excluding hydrogens is 1020 g/mol. The SMILES string of the molecule is COc1ccc(CCN(C)CCCC(C#N)(c2ccc(OC)c(OC)c2)C(C)C)cc1OC.C[C@@H](CN1CC(=O)NC(=O)C1)N1CC(=O)NC(=O)C1.O=C1C=CC(=O)C=C1.O=P1(NCCCl)OCCCN1CCCl. The Bertz CT molecular complexity index is 2300. The molecule has 23 heteroatoms. The third kappa shape index (κ3) is 20.2. The van der Waals surface area contributed by atoms with Crippen LogP contribution in [0.4, 0.5) is 0 Å². The maximum atomic E-state index is 12.2. The van der Waals surface area contributed by atoms with E-state index in [-0.39, 0.29) is 73.3 Å². The second-order valence-corrected chi connectivity index (χ2v) is 20.9. The Morgan fingerprint density at radius 1 is 0.784 bits per heavy atom. The van der Waals surface area contributed by atoms with Gasteiger partial charge in [-0.1, -0.05) is 26.0 Å². The summed E-state index contributed by atoms with van der Waals surface area (Å²) in [5.41, 5.74) is 1.60. The van der Waals surface area contributed by atoms with Crippen LogP contribution >= 0.6 is 30.9 Å². The Hall–Kier alpha value is -5.20. The number of halogens is 2. The number of methoxy groups -OCH3 is 4. The molecule has 2 aromatic carbocycles. The van der Waals surface area contributed by atoms with Gasteiger partial charge < -0.3 is 28.4 Å². The summed E-state index contributed by atoms with van der Waals surface area (Å²) in [7, 11) is 5.83. The first-order valence-corrected chi connectivity index (χ1v) is 26.9. The minimum Gasteiger partial charge on any atom is -0.493 e. The van der Waals surface area contributed by atoms with Crippen LogP contribution in [0.5, 0.6) is 23.0 Å². The maximum Gasteiger partial charge on any atom is 0.343 e. The summed E-state index contributed by atoms with van der Waals surface area (Å²) in [6, 6.07) is 14.4. The van der Waals surface area contributed by atoms with Crippen molar-refractivity contribution in [2.75, 3.05) is 119 Å². The Kier molecular flexibility index (Phi) is 27.5. The largest absolute Gasteiger partial charge is 0.493 e. The fourth-order valence-corrected chi connectivity index (χ4v) is 10.8. The van der Waals surface area contributed by atoms with Crippen molar-refractivity contribution in [3.05, 3.63) is 71.8 Å². The number of nitriles is 1. The Labute approximate surface area is 445 Å². The lowest BCUT2D eigenvalue weighted by molar-refractivity contribution is -0.140. The van der Waals surface area contributed by atoms with E-state index < -0.39 is 13.1 Å². The summed E-state index contributed by atoms with van der Waals surface area (Å²) in [5, 5.41) is 17.5. The van der Waals surface area contributed by atoms with Crippen LogP contribution in [0.15, 0.2) is 60.7 Å². The average Bonchev–Trinajstić information content (AvgIpc) is 3.37. The number of carbonyl (C=O) groups excluding carboxylic acids is 6. The van der Waals surface area contributed by atoms with Crippen molar-refractivity contribution in [3.63, 3.8) is 0 Å². The predicted octanol–water partition coefficient (Wildman–Crippen LogP) is 4.52. The van der Waals surface area contributed by atoms with Crippen molar-refractivity contribution in [1.82, 2.24) is 35.1 Å². The quantitative estimate of drug-likeness (QED) is 0.0674. The number of alkyl halides is 2. The highest BCUT2D eigenvalue weighted by Gasteiger charge is 2.37. The second-order valence-electron chi connectivity index (χ2n) is 17.9. The molecule has 3 N–H and O–H groups in total. The Morgan fingerprint density at radius 3 is 1.84 bits per heavy atom. The number of benzene rings is 2. The molecule has 0 saturated carbocycles. The average molecular weight is 1090 g/mol. The maximum absolute atomic E-state index is 12.2. The molecule has 1 aliphatic carbocycles. The number of rotatable bonds is 21. The molecule has 74 heavy (non-hydrogen) atoms. The van der Waals surface area contributed by atoms with Crippen LogP contribution in [-0.2, 0) is 49.7 Å². The second kappa shape index (κ2) is 32.3. The lowest BCUT2D eigenvalue weighted by Crippen LogP contribution is -2.58. The number of nitrogens with one attached hydrogen (secondary N) is 3. The van der Waals surface area contributed by atoms with E-state index in [1.54, 1.807) is 42.9 Å². The van der Waals surface area contributed by atoms with Gasteiger partial charge in [0, 0.05) is 50.5 Å². The van der Waals surface area contributed by atoms with Gasteiger partial charge in [0.1, 0.15) is 0 Å². The number of amides is 4. The molecule has 0 aromatic heterocycles. The van der Waals surface area contributed by atoms with Gasteiger partial charge in [0.05, 0.1) is 72.7 Å². The molecule has 4 aliphatic rings. The molecule has 0 spiro atoms. The third-order valence-electron chi connectivity index (χ3n) is 12.3. The van der Waals surface area contributed by atoms with Gasteiger partial charge in [0.25, 0.3) is 0 Å². The van der Waals surface area contributed by atoms with Crippen LogP contribution < -0.4 is 34.7 Å². The van der Waals surface area contributed by atoms with E-state index in [1.807, 2.05) is 37.3 Å². The highest BCUT2D eigenvalue weighted by Crippen LogP contribution is 2.49.